The van der Waals surface area contributed by atoms with E-state index in [0.29, 0.717) is 12.1 Å². The second-order valence-electron chi connectivity index (χ2n) is 10.2. The molecule has 39 heavy (non-hydrogen) atoms. The van der Waals surface area contributed by atoms with Crippen LogP contribution in [-0.2, 0) is 24.2 Å². The molecule has 8 heteroatoms. The number of aryl methyl sites for hydroxylation is 1. The third-order valence-corrected chi connectivity index (χ3v) is 7.34. The molecule has 2 atom stereocenters. The van der Waals surface area contributed by atoms with Crippen LogP contribution in [0.4, 0.5) is 4.39 Å². The van der Waals surface area contributed by atoms with Gasteiger partial charge in [0, 0.05) is 30.0 Å². The molecule has 4 rings (SSSR count). The number of aliphatic carboxylic acids is 1. The summed E-state index contributed by atoms with van der Waals surface area (Å²) in [4.78, 5) is 27.1. The Morgan fingerprint density at radius 3 is 2.46 bits per heavy atom. The molecule has 3 aromatic rings. The lowest BCUT2D eigenvalue weighted by Crippen LogP contribution is -2.43. The van der Waals surface area contributed by atoms with E-state index in [1.165, 1.54) is 12.1 Å². The van der Waals surface area contributed by atoms with Crippen molar-refractivity contribution in [1.29, 1.82) is 0 Å². The molecule has 0 saturated heterocycles. The van der Waals surface area contributed by atoms with E-state index in [2.05, 4.69) is 16.3 Å². The summed E-state index contributed by atoms with van der Waals surface area (Å²) >= 11 is 0. The average Bonchev–Trinajstić information content (AvgIpc) is 3.32. The molecule has 0 aliphatic heterocycles. The van der Waals surface area contributed by atoms with Gasteiger partial charge in [-0.25, -0.2) is 9.18 Å². The zero-order chi connectivity index (χ0) is 28.3. The van der Waals surface area contributed by atoms with Crippen molar-refractivity contribution in [2.45, 2.75) is 44.7 Å². The molecule has 1 aliphatic carbocycles. The quantitative estimate of drug-likeness (QED) is 0.392. The first-order chi connectivity index (χ1) is 18.7. The molecular weight excluding hydrogens is 499 g/mol. The molecular formula is C31H35FN2O5. The van der Waals surface area contributed by atoms with Crippen molar-refractivity contribution in [2.75, 3.05) is 28.3 Å². The molecule has 0 unspecified atom stereocenters. The van der Waals surface area contributed by atoms with Crippen LogP contribution in [0.5, 0.6) is 11.5 Å². The van der Waals surface area contributed by atoms with Crippen molar-refractivity contribution in [3.05, 3.63) is 93.3 Å². The van der Waals surface area contributed by atoms with E-state index in [0.717, 1.165) is 52.2 Å². The Morgan fingerprint density at radius 2 is 1.82 bits per heavy atom. The molecule has 0 saturated carbocycles. The van der Waals surface area contributed by atoms with Gasteiger partial charge < -0.3 is 24.8 Å². The molecule has 2 N–H and O–H groups in total. The van der Waals surface area contributed by atoms with Gasteiger partial charge in [-0.05, 0) is 68.2 Å². The van der Waals surface area contributed by atoms with Crippen LogP contribution in [0.1, 0.15) is 56.1 Å². The summed E-state index contributed by atoms with van der Waals surface area (Å²) in [7, 11) is 7.33. The van der Waals surface area contributed by atoms with Crippen molar-refractivity contribution in [3.63, 3.8) is 0 Å². The monoisotopic (exact) mass is 534 g/mol. The van der Waals surface area contributed by atoms with Gasteiger partial charge in [-0.1, -0.05) is 36.4 Å². The largest absolute Gasteiger partial charge is 0.496 e. The van der Waals surface area contributed by atoms with Crippen LogP contribution in [0.25, 0.3) is 0 Å². The lowest BCUT2D eigenvalue weighted by Gasteiger charge is -2.23. The Bertz CT molecular complexity index is 1370. The summed E-state index contributed by atoms with van der Waals surface area (Å²) in [6.07, 6.45) is 1.63. The third kappa shape index (κ3) is 5.76. The van der Waals surface area contributed by atoms with E-state index in [1.54, 1.807) is 27.2 Å². The number of rotatable bonds is 10. The first kappa shape index (κ1) is 28.1. The number of carbonyl (C=O) groups is 2. The predicted octanol–water partition coefficient (Wildman–Crippen LogP) is 4.72. The summed E-state index contributed by atoms with van der Waals surface area (Å²) in [6.45, 7) is 2.33. The minimum Gasteiger partial charge on any atom is -0.496 e. The van der Waals surface area contributed by atoms with Gasteiger partial charge in [0.05, 0.1) is 19.8 Å². The molecule has 1 aliphatic rings. The van der Waals surface area contributed by atoms with Crippen molar-refractivity contribution in [2.24, 2.45) is 0 Å². The summed E-state index contributed by atoms with van der Waals surface area (Å²) in [5.41, 5.74) is 5.33. The molecule has 0 spiro atoms. The number of nitrogens with zero attached hydrogens (tertiary/aromatic N) is 1. The van der Waals surface area contributed by atoms with Gasteiger partial charge in [-0.2, -0.15) is 0 Å². The number of carboxylic acids is 1. The van der Waals surface area contributed by atoms with Crippen LogP contribution in [0.3, 0.4) is 0 Å². The number of methoxy groups -OCH3 is 2. The SMILES string of the molecule is COc1ccc(CN(C)C)c(OC)c1[C@H]1CCc2c(C[C@H](NC(=O)c3c(C)cccc3F)C(=O)O)cccc21. The number of ether oxygens (including phenoxy) is 2. The summed E-state index contributed by atoms with van der Waals surface area (Å²) in [5, 5.41) is 12.5. The van der Waals surface area contributed by atoms with E-state index in [9.17, 15) is 19.1 Å². The normalized spacial score (nSPS) is 15.1. The molecule has 0 aromatic heterocycles. The smallest absolute Gasteiger partial charge is 0.326 e. The van der Waals surface area contributed by atoms with Crippen molar-refractivity contribution in [3.8, 4) is 11.5 Å². The lowest BCUT2D eigenvalue weighted by atomic mass is 9.88. The Morgan fingerprint density at radius 1 is 1.08 bits per heavy atom. The van der Waals surface area contributed by atoms with Gasteiger partial charge in [-0.15, -0.1) is 0 Å². The molecule has 0 fully saturated rings. The van der Waals surface area contributed by atoms with E-state index >= 15 is 0 Å². The van der Waals surface area contributed by atoms with Crippen LogP contribution in [0.15, 0.2) is 48.5 Å². The number of benzene rings is 3. The van der Waals surface area contributed by atoms with Crippen molar-refractivity contribution in [1.82, 2.24) is 10.2 Å². The summed E-state index contributed by atoms with van der Waals surface area (Å²) in [5.74, 6) is -1.05. The number of fused-ring (bicyclic) bond motifs is 1. The van der Waals surface area contributed by atoms with Crippen LogP contribution in [0, 0.1) is 12.7 Å². The third-order valence-electron chi connectivity index (χ3n) is 7.34. The first-order valence-corrected chi connectivity index (χ1v) is 12.9. The van der Waals surface area contributed by atoms with E-state index < -0.39 is 23.7 Å². The van der Waals surface area contributed by atoms with Crippen molar-refractivity contribution < 1.29 is 28.6 Å². The predicted molar refractivity (Wildman–Crippen MR) is 147 cm³/mol. The standard InChI is InChI=1S/C31H35FN2O5/c1-18-8-6-11-24(32)27(18)30(35)33-25(31(36)37)16-19-9-7-10-22-21(19)13-14-23(22)28-26(38-4)15-12-20(17-34(2)3)29(28)39-5/h6-12,15,23,25H,13-14,16-17H2,1-5H3,(H,33,35)(H,36,37)/t23-,25-/m0/s1. The van der Waals surface area contributed by atoms with E-state index in [-0.39, 0.29) is 17.9 Å². The van der Waals surface area contributed by atoms with Gasteiger partial charge in [0.15, 0.2) is 0 Å². The van der Waals surface area contributed by atoms with Gasteiger partial charge in [-0.3, -0.25) is 4.79 Å². The first-order valence-electron chi connectivity index (χ1n) is 12.9. The van der Waals surface area contributed by atoms with Gasteiger partial charge in [0.25, 0.3) is 5.91 Å². The fraction of sp³-hybridized carbons (Fsp3) is 0.355. The van der Waals surface area contributed by atoms with Crippen molar-refractivity contribution >= 4 is 11.9 Å². The van der Waals surface area contributed by atoms with Crippen LogP contribution < -0.4 is 14.8 Å². The summed E-state index contributed by atoms with van der Waals surface area (Å²) < 4.78 is 26.0. The second-order valence-corrected chi connectivity index (χ2v) is 10.2. The maximum absolute atomic E-state index is 14.4. The molecule has 0 bridgehead atoms. The Kier molecular flexibility index (Phi) is 8.55. The molecule has 1 amide bonds. The van der Waals surface area contributed by atoms with E-state index in [1.807, 2.05) is 38.4 Å². The van der Waals surface area contributed by atoms with E-state index in [4.69, 9.17) is 9.47 Å². The second kappa shape index (κ2) is 11.9. The maximum Gasteiger partial charge on any atom is 0.326 e. The van der Waals surface area contributed by atoms with Crippen LogP contribution >= 0.6 is 0 Å². The Labute approximate surface area is 228 Å². The number of halogens is 1. The topological polar surface area (TPSA) is 88.1 Å². The lowest BCUT2D eigenvalue weighted by molar-refractivity contribution is -0.139. The number of hydrogen-bond donors (Lipinski definition) is 2. The molecule has 0 heterocycles. The zero-order valence-corrected chi connectivity index (χ0v) is 23.0. The Balaban J connectivity index is 1.67. The molecule has 0 radical (unpaired) electrons. The van der Waals surface area contributed by atoms with Gasteiger partial charge in [0.1, 0.15) is 23.4 Å². The molecule has 3 aromatic carbocycles. The highest BCUT2D eigenvalue weighted by atomic mass is 19.1. The number of amides is 1. The zero-order valence-electron chi connectivity index (χ0n) is 23.0. The highest BCUT2D eigenvalue weighted by Crippen LogP contribution is 2.48. The van der Waals surface area contributed by atoms with Gasteiger partial charge in [0.2, 0.25) is 0 Å². The minimum atomic E-state index is -1.21. The fourth-order valence-electron chi connectivity index (χ4n) is 5.63. The highest BCUT2D eigenvalue weighted by Gasteiger charge is 2.33. The molecule has 7 nitrogen and oxygen atoms in total. The highest BCUT2D eigenvalue weighted by molar-refractivity contribution is 5.98. The minimum absolute atomic E-state index is 0.00546. The number of carbonyl (C=O) groups excluding carboxylic acids is 1. The Hall–Kier alpha value is -3.91. The fourth-order valence-corrected chi connectivity index (χ4v) is 5.63. The molecule has 206 valence electrons. The van der Waals surface area contributed by atoms with Gasteiger partial charge >= 0.3 is 5.97 Å². The number of carboxylic acid groups (broad SMARTS) is 1. The van der Waals surface area contributed by atoms with Crippen LogP contribution in [0.2, 0.25) is 0 Å². The number of nitrogens with one attached hydrogen (secondary N) is 1. The number of hydrogen-bond acceptors (Lipinski definition) is 5. The average molecular weight is 535 g/mol. The summed E-state index contributed by atoms with van der Waals surface area (Å²) in [6, 6.07) is 13.0. The maximum atomic E-state index is 14.4. The van der Waals surface area contributed by atoms with Crippen LogP contribution in [-0.4, -0.2) is 56.2 Å².